The van der Waals surface area contributed by atoms with Gasteiger partial charge in [0.2, 0.25) is 5.95 Å². The number of aromatic nitrogens is 3. The van der Waals surface area contributed by atoms with Crippen LogP contribution < -0.4 is 10.6 Å². The highest BCUT2D eigenvalue weighted by molar-refractivity contribution is 5.81. The zero-order valence-corrected chi connectivity index (χ0v) is 17.5. The molecule has 1 aliphatic heterocycles. The van der Waals surface area contributed by atoms with Gasteiger partial charge in [0.15, 0.2) is 0 Å². The molecule has 0 radical (unpaired) electrons. The Labute approximate surface area is 177 Å². The average Bonchev–Trinajstić information content (AvgIpc) is 3.33. The zero-order chi connectivity index (χ0) is 20.5. The van der Waals surface area contributed by atoms with E-state index in [-0.39, 0.29) is 6.10 Å². The number of hydrogen-bond acceptors (Lipinski definition) is 6. The second-order valence-electron chi connectivity index (χ2n) is 8.62. The van der Waals surface area contributed by atoms with Crippen molar-refractivity contribution in [2.75, 3.05) is 31.5 Å². The second kappa shape index (κ2) is 8.34. The number of aliphatic hydroxyl groups excluding tert-OH is 1. The van der Waals surface area contributed by atoms with Crippen molar-refractivity contribution in [1.82, 2.24) is 24.8 Å². The molecule has 2 unspecified atom stereocenters. The molecule has 3 N–H and O–H groups in total. The van der Waals surface area contributed by atoms with Crippen LogP contribution in [0.5, 0.6) is 0 Å². The van der Waals surface area contributed by atoms with Crippen LogP contribution in [-0.2, 0) is 6.54 Å². The molecule has 3 aromatic rings. The average molecular weight is 407 g/mol. The number of fused-ring (bicyclic) bond motifs is 1. The summed E-state index contributed by atoms with van der Waals surface area (Å²) in [7, 11) is 0. The number of benzene rings is 1. The quantitative estimate of drug-likeness (QED) is 0.605. The Morgan fingerprint density at radius 2 is 1.97 bits per heavy atom. The van der Waals surface area contributed by atoms with Crippen molar-refractivity contribution in [3.8, 4) is 0 Å². The van der Waals surface area contributed by atoms with Crippen molar-refractivity contribution in [2.45, 2.75) is 44.9 Å². The zero-order valence-electron chi connectivity index (χ0n) is 17.5. The maximum atomic E-state index is 9.95. The van der Waals surface area contributed by atoms with Crippen molar-refractivity contribution in [1.29, 1.82) is 0 Å². The molecule has 5 rings (SSSR count). The van der Waals surface area contributed by atoms with Crippen LogP contribution in [-0.4, -0.2) is 56.8 Å². The number of rotatable bonds is 5. The van der Waals surface area contributed by atoms with E-state index in [0.717, 1.165) is 68.7 Å². The lowest BCUT2D eigenvalue weighted by Crippen LogP contribution is -2.42. The minimum atomic E-state index is -0.202. The van der Waals surface area contributed by atoms with Gasteiger partial charge in [0, 0.05) is 62.2 Å². The molecule has 0 bridgehead atoms. The Balaban J connectivity index is 1.32. The minimum absolute atomic E-state index is 0.202. The van der Waals surface area contributed by atoms with Gasteiger partial charge in [-0.15, -0.1) is 0 Å². The lowest BCUT2D eigenvalue weighted by Gasteiger charge is -2.27. The largest absolute Gasteiger partial charge is 0.393 e. The minimum Gasteiger partial charge on any atom is -0.393 e. The standard InChI is InChI=1S/C23H30N6O/c1-16-14-29(19-6-7-20(30)12-19)22-21(16)13-25-23(27-22)26-18-4-2-17(3-5-18)15-28-10-8-24-9-11-28/h2-5,13-14,19-20,24,30H,6-12,15H2,1H3,(H,25,26,27). The number of anilines is 2. The summed E-state index contributed by atoms with van der Waals surface area (Å²) in [4.78, 5) is 11.8. The van der Waals surface area contributed by atoms with E-state index in [2.05, 4.69) is 62.5 Å². The van der Waals surface area contributed by atoms with Gasteiger partial charge in [0.1, 0.15) is 5.65 Å². The number of hydrogen-bond donors (Lipinski definition) is 3. The van der Waals surface area contributed by atoms with Gasteiger partial charge in [0.05, 0.1) is 6.10 Å². The summed E-state index contributed by atoms with van der Waals surface area (Å²) >= 11 is 0. The first-order valence-electron chi connectivity index (χ1n) is 11.0. The molecule has 1 saturated carbocycles. The third-order valence-electron chi connectivity index (χ3n) is 6.37. The molecule has 0 spiro atoms. The van der Waals surface area contributed by atoms with E-state index < -0.39 is 0 Å². The van der Waals surface area contributed by atoms with Gasteiger partial charge in [0.25, 0.3) is 0 Å². The third kappa shape index (κ3) is 4.05. The Kier molecular flexibility index (Phi) is 5.41. The first-order chi connectivity index (χ1) is 14.7. The normalized spacial score (nSPS) is 22.6. The number of aliphatic hydroxyl groups is 1. The van der Waals surface area contributed by atoms with Crippen molar-refractivity contribution < 1.29 is 5.11 Å². The lowest BCUT2D eigenvalue weighted by molar-refractivity contribution is 0.178. The summed E-state index contributed by atoms with van der Waals surface area (Å²) in [6.45, 7) is 7.43. The molecule has 2 atom stereocenters. The summed E-state index contributed by atoms with van der Waals surface area (Å²) in [6, 6.07) is 8.86. The van der Waals surface area contributed by atoms with Crippen molar-refractivity contribution in [3.63, 3.8) is 0 Å². The highest BCUT2D eigenvalue weighted by Crippen LogP contribution is 2.34. The van der Waals surface area contributed by atoms with Gasteiger partial charge < -0.3 is 20.3 Å². The topological polar surface area (TPSA) is 78.2 Å². The highest BCUT2D eigenvalue weighted by atomic mass is 16.3. The van der Waals surface area contributed by atoms with Gasteiger partial charge in [-0.25, -0.2) is 4.98 Å². The van der Waals surface area contributed by atoms with Crippen LogP contribution in [0.15, 0.2) is 36.7 Å². The fourth-order valence-corrected chi connectivity index (χ4v) is 4.66. The predicted octanol–water partition coefficient (Wildman–Crippen LogP) is 2.97. The Bertz CT molecular complexity index is 1010. The number of aryl methyl sites for hydroxylation is 1. The van der Waals surface area contributed by atoms with Crippen molar-refractivity contribution in [2.24, 2.45) is 0 Å². The summed E-state index contributed by atoms with van der Waals surface area (Å²) in [5, 5.41) is 17.8. The molecule has 158 valence electrons. The number of piperazine rings is 1. The monoisotopic (exact) mass is 406 g/mol. The SMILES string of the molecule is Cc1cn(C2CCC(O)C2)c2nc(Nc3ccc(CN4CCNCC4)cc3)ncc12. The van der Waals surface area contributed by atoms with Crippen LogP contribution in [0.4, 0.5) is 11.6 Å². The van der Waals surface area contributed by atoms with E-state index >= 15 is 0 Å². The van der Waals surface area contributed by atoms with Gasteiger partial charge in [-0.2, -0.15) is 4.98 Å². The molecule has 2 aromatic heterocycles. The van der Waals surface area contributed by atoms with Crippen LogP contribution in [0.25, 0.3) is 11.0 Å². The molecule has 7 heteroatoms. The van der Waals surface area contributed by atoms with Crippen LogP contribution in [0.2, 0.25) is 0 Å². The summed E-state index contributed by atoms with van der Waals surface area (Å²) < 4.78 is 2.23. The van der Waals surface area contributed by atoms with E-state index in [1.54, 1.807) is 0 Å². The fraction of sp³-hybridized carbons (Fsp3) is 0.478. The van der Waals surface area contributed by atoms with E-state index in [4.69, 9.17) is 4.98 Å². The molecule has 7 nitrogen and oxygen atoms in total. The molecule has 1 aliphatic carbocycles. The summed E-state index contributed by atoms with van der Waals surface area (Å²) in [5.74, 6) is 0.607. The lowest BCUT2D eigenvalue weighted by atomic mass is 10.2. The summed E-state index contributed by atoms with van der Waals surface area (Å²) in [5.41, 5.74) is 4.43. The highest BCUT2D eigenvalue weighted by Gasteiger charge is 2.26. The maximum absolute atomic E-state index is 9.95. The molecule has 2 aliphatic rings. The van der Waals surface area contributed by atoms with Crippen LogP contribution in [0.1, 0.15) is 36.4 Å². The van der Waals surface area contributed by atoms with E-state index in [1.807, 2.05) is 6.20 Å². The van der Waals surface area contributed by atoms with Crippen molar-refractivity contribution >= 4 is 22.7 Å². The summed E-state index contributed by atoms with van der Waals surface area (Å²) in [6.07, 6.45) is 6.50. The fourth-order valence-electron chi connectivity index (χ4n) is 4.66. The van der Waals surface area contributed by atoms with Crippen LogP contribution >= 0.6 is 0 Å². The molecular weight excluding hydrogens is 376 g/mol. The first-order valence-corrected chi connectivity index (χ1v) is 11.0. The number of nitrogens with one attached hydrogen (secondary N) is 2. The van der Waals surface area contributed by atoms with Gasteiger partial charge >= 0.3 is 0 Å². The van der Waals surface area contributed by atoms with Gasteiger partial charge in [-0.1, -0.05) is 12.1 Å². The maximum Gasteiger partial charge on any atom is 0.229 e. The van der Waals surface area contributed by atoms with E-state index in [1.165, 1.54) is 11.1 Å². The van der Waals surface area contributed by atoms with Gasteiger partial charge in [-0.05, 0) is 49.4 Å². The first kappa shape index (κ1) is 19.5. The smallest absolute Gasteiger partial charge is 0.229 e. The Hall–Kier alpha value is -2.48. The van der Waals surface area contributed by atoms with Crippen LogP contribution in [0, 0.1) is 6.92 Å². The molecule has 2 fully saturated rings. The van der Waals surface area contributed by atoms with Gasteiger partial charge in [-0.3, -0.25) is 4.90 Å². The Morgan fingerprint density at radius 1 is 1.17 bits per heavy atom. The Morgan fingerprint density at radius 3 is 2.70 bits per heavy atom. The molecule has 1 saturated heterocycles. The molecule has 1 aromatic carbocycles. The second-order valence-corrected chi connectivity index (χ2v) is 8.62. The molecule has 0 amide bonds. The number of nitrogens with zero attached hydrogens (tertiary/aromatic N) is 4. The molecule has 3 heterocycles. The molecular formula is C23H30N6O. The van der Waals surface area contributed by atoms with Crippen LogP contribution in [0.3, 0.4) is 0 Å². The van der Waals surface area contributed by atoms with E-state index in [0.29, 0.717) is 12.0 Å². The third-order valence-corrected chi connectivity index (χ3v) is 6.37. The van der Waals surface area contributed by atoms with E-state index in [9.17, 15) is 5.11 Å². The van der Waals surface area contributed by atoms with Crippen molar-refractivity contribution in [3.05, 3.63) is 47.8 Å². The predicted molar refractivity (Wildman–Crippen MR) is 119 cm³/mol. The molecule has 30 heavy (non-hydrogen) atoms.